The van der Waals surface area contributed by atoms with Gasteiger partial charge in [0.15, 0.2) is 5.78 Å². The van der Waals surface area contributed by atoms with E-state index in [-0.39, 0.29) is 31.8 Å². The predicted octanol–water partition coefficient (Wildman–Crippen LogP) is 2.58. The van der Waals surface area contributed by atoms with E-state index in [2.05, 4.69) is 0 Å². The Morgan fingerprint density at radius 3 is 2.56 bits per heavy atom. The van der Waals surface area contributed by atoms with E-state index >= 15 is 0 Å². The topological polar surface area (TPSA) is 132 Å². The molecule has 0 bridgehead atoms. The molecule has 0 radical (unpaired) electrons. The van der Waals surface area contributed by atoms with Crippen LogP contribution < -0.4 is 0 Å². The van der Waals surface area contributed by atoms with Crippen LogP contribution in [0.2, 0.25) is 0 Å². The summed E-state index contributed by atoms with van der Waals surface area (Å²) in [5.74, 6) is -4.13. The second-order valence-corrected chi connectivity index (χ2v) is 9.43. The number of carboxylic acid groups (broad SMARTS) is 1. The van der Waals surface area contributed by atoms with Gasteiger partial charge in [-0.3, -0.25) is 14.4 Å². The summed E-state index contributed by atoms with van der Waals surface area (Å²) in [5.41, 5.74) is -1.48. The molecule has 0 amide bonds. The first-order valence-corrected chi connectivity index (χ1v) is 10.7. The van der Waals surface area contributed by atoms with Crippen LogP contribution in [0.4, 0.5) is 0 Å². The maximum atomic E-state index is 13.8. The largest absolute Gasteiger partial charge is 0.481 e. The lowest BCUT2D eigenvalue weighted by Gasteiger charge is -2.59. The van der Waals surface area contributed by atoms with Crippen LogP contribution in [0.1, 0.15) is 51.2 Å². The lowest BCUT2D eigenvalue weighted by molar-refractivity contribution is -0.198. The highest BCUT2D eigenvalue weighted by molar-refractivity contribution is 5.91. The minimum atomic E-state index is -1.14. The van der Waals surface area contributed by atoms with Crippen LogP contribution in [-0.2, 0) is 28.6 Å². The quantitative estimate of drug-likeness (QED) is 0.451. The number of hydrogen-bond donors (Lipinski definition) is 2. The molecule has 2 unspecified atom stereocenters. The smallest absolute Gasteiger partial charge is 0.309 e. The van der Waals surface area contributed by atoms with Crippen molar-refractivity contribution in [2.24, 2.45) is 28.6 Å². The predicted molar refractivity (Wildman–Crippen MR) is 110 cm³/mol. The summed E-state index contributed by atoms with van der Waals surface area (Å²) in [4.78, 5) is 38.8. The fraction of sp³-hybridized carbons (Fsp3) is 0.696. The Morgan fingerprint density at radius 1 is 1.28 bits per heavy atom. The van der Waals surface area contributed by atoms with Gasteiger partial charge >= 0.3 is 11.9 Å². The zero-order chi connectivity index (χ0) is 23.7. The molecule has 1 aromatic heterocycles. The van der Waals surface area contributed by atoms with E-state index in [1.54, 1.807) is 13.0 Å². The number of ether oxygens (including phenoxy) is 3. The van der Waals surface area contributed by atoms with Gasteiger partial charge in [-0.1, -0.05) is 13.8 Å². The maximum absolute atomic E-state index is 13.8. The first kappa shape index (κ1) is 24.4. The summed E-state index contributed by atoms with van der Waals surface area (Å²) in [6.45, 7) is 3.44. The van der Waals surface area contributed by atoms with E-state index in [0.29, 0.717) is 12.0 Å². The van der Waals surface area contributed by atoms with Crippen LogP contribution in [0.15, 0.2) is 23.0 Å². The van der Waals surface area contributed by atoms with Crippen LogP contribution in [0.5, 0.6) is 0 Å². The van der Waals surface area contributed by atoms with Crippen LogP contribution in [0.25, 0.3) is 0 Å². The van der Waals surface area contributed by atoms with E-state index in [1.165, 1.54) is 26.7 Å². The Labute approximate surface area is 187 Å². The number of methoxy groups -OCH3 is 2. The van der Waals surface area contributed by atoms with Crippen LogP contribution in [0.3, 0.4) is 0 Å². The average molecular weight is 453 g/mol. The third-order valence-electron chi connectivity index (χ3n) is 7.67. The summed E-state index contributed by atoms with van der Waals surface area (Å²) in [7, 11) is 2.73. The van der Waals surface area contributed by atoms with Gasteiger partial charge in [-0.15, -0.1) is 0 Å². The van der Waals surface area contributed by atoms with Crippen LogP contribution in [-0.4, -0.2) is 55.1 Å². The molecule has 0 saturated heterocycles. The first-order chi connectivity index (χ1) is 15.1. The number of carboxylic acids is 1. The fourth-order valence-electron chi connectivity index (χ4n) is 6.17. The van der Waals surface area contributed by atoms with Crippen molar-refractivity contribution in [3.05, 3.63) is 24.2 Å². The molecule has 2 N–H and O–H groups in total. The summed E-state index contributed by atoms with van der Waals surface area (Å²) >= 11 is 0. The zero-order valence-corrected chi connectivity index (χ0v) is 18.9. The van der Waals surface area contributed by atoms with Gasteiger partial charge in [0.05, 0.1) is 37.6 Å². The molecule has 2 aliphatic carbocycles. The Bertz CT molecular complexity index is 835. The molecule has 0 aliphatic heterocycles. The number of hydrogen-bond acceptors (Lipinski definition) is 8. The minimum absolute atomic E-state index is 0.0143. The highest BCUT2D eigenvalue weighted by atomic mass is 16.7. The maximum Gasteiger partial charge on any atom is 0.309 e. The van der Waals surface area contributed by atoms with Crippen molar-refractivity contribution in [1.82, 2.24) is 0 Å². The second kappa shape index (κ2) is 9.33. The highest BCUT2D eigenvalue weighted by Gasteiger charge is 2.66. The van der Waals surface area contributed by atoms with Crippen molar-refractivity contribution in [2.75, 3.05) is 21.0 Å². The Hall–Kier alpha value is -2.23. The zero-order valence-electron chi connectivity index (χ0n) is 18.9. The van der Waals surface area contributed by atoms with Gasteiger partial charge in [0, 0.05) is 18.6 Å². The number of rotatable bonds is 8. The minimum Gasteiger partial charge on any atom is -0.481 e. The summed E-state index contributed by atoms with van der Waals surface area (Å²) in [5, 5.41) is 21.0. The van der Waals surface area contributed by atoms with Crippen molar-refractivity contribution in [3.63, 3.8) is 0 Å². The Morgan fingerprint density at radius 2 is 2.00 bits per heavy atom. The van der Waals surface area contributed by atoms with Crippen molar-refractivity contribution < 1.29 is 43.2 Å². The number of fused-ring (bicyclic) bond motifs is 1. The van der Waals surface area contributed by atoms with Crippen LogP contribution in [0, 0.1) is 28.6 Å². The lowest BCUT2D eigenvalue weighted by Crippen LogP contribution is -2.63. The van der Waals surface area contributed by atoms with Crippen molar-refractivity contribution in [2.45, 2.75) is 51.7 Å². The number of carbonyl (C=O) groups is 3. The number of ketones is 1. The van der Waals surface area contributed by atoms with E-state index in [1.807, 2.05) is 6.92 Å². The van der Waals surface area contributed by atoms with E-state index < -0.39 is 52.7 Å². The van der Waals surface area contributed by atoms with Crippen molar-refractivity contribution in [3.8, 4) is 0 Å². The normalized spacial score (nSPS) is 35.7. The molecule has 3 rings (SSSR count). The molecule has 0 aromatic carbocycles. The molecular weight excluding hydrogens is 420 g/mol. The van der Waals surface area contributed by atoms with Gasteiger partial charge in [-0.05, 0) is 42.6 Å². The number of aliphatic hydroxyl groups is 1. The number of carbonyl (C=O) groups excluding carboxylic acids is 2. The van der Waals surface area contributed by atoms with Crippen molar-refractivity contribution in [1.29, 1.82) is 0 Å². The molecule has 1 aromatic rings. The lowest BCUT2D eigenvalue weighted by atomic mass is 9.43. The number of esters is 1. The molecule has 0 spiro atoms. The molecule has 178 valence electrons. The third kappa shape index (κ3) is 4.09. The first-order valence-electron chi connectivity index (χ1n) is 10.7. The highest BCUT2D eigenvalue weighted by Crippen LogP contribution is 2.63. The summed E-state index contributed by atoms with van der Waals surface area (Å²) in [6, 6.07) is 1.61. The Balaban J connectivity index is 2.09. The van der Waals surface area contributed by atoms with E-state index in [0.717, 1.165) is 0 Å². The molecular formula is C23H32O9. The molecule has 2 fully saturated rings. The van der Waals surface area contributed by atoms with Gasteiger partial charge in [-0.2, -0.15) is 0 Å². The van der Waals surface area contributed by atoms with Gasteiger partial charge in [0.1, 0.15) is 12.9 Å². The number of aliphatic hydroxyl groups excluding tert-OH is 1. The van der Waals surface area contributed by atoms with Crippen LogP contribution >= 0.6 is 0 Å². The SMILES string of the molecule is COCO[C@H]1C[C@@H](C(=O)OC)[C@]2(C)CCC(C(=O)O)[C@](C)(C[C@H](O)c3ccoc3)C2C1=O. The molecule has 2 aliphatic rings. The summed E-state index contributed by atoms with van der Waals surface area (Å²) < 4.78 is 20.7. The monoisotopic (exact) mass is 452 g/mol. The molecule has 1 heterocycles. The molecule has 7 atom stereocenters. The van der Waals surface area contributed by atoms with Gasteiger partial charge in [0.2, 0.25) is 0 Å². The van der Waals surface area contributed by atoms with Crippen molar-refractivity contribution >= 4 is 17.7 Å². The number of aliphatic carboxylic acids is 1. The summed E-state index contributed by atoms with van der Waals surface area (Å²) in [6.07, 6.45) is 1.66. The van der Waals surface area contributed by atoms with E-state index in [4.69, 9.17) is 18.6 Å². The van der Waals surface area contributed by atoms with Gasteiger partial charge < -0.3 is 28.8 Å². The van der Waals surface area contributed by atoms with Gasteiger partial charge in [-0.25, -0.2) is 0 Å². The van der Waals surface area contributed by atoms with E-state index in [9.17, 15) is 24.6 Å². The third-order valence-corrected chi connectivity index (χ3v) is 7.67. The fourth-order valence-corrected chi connectivity index (χ4v) is 6.17. The molecule has 9 nitrogen and oxygen atoms in total. The molecule has 2 saturated carbocycles. The Kier molecular flexibility index (Phi) is 7.12. The molecule has 32 heavy (non-hydrogen) atoms. The average Bonchev–Trinajstić information content (AvgIpc) is 3.27. The number of Topliss-reactive ketones (excluding diaryl/α,β-unsaturated/α-hetero) is 1. The second-order valence-electron chi connectivity index (χ2n) is 9.43. The van der Waals surface area contributed by atoms with Gasteiger partial charge in [0.25, 0.3) is 0 Å². The molecule has 9 heteroatoms. The number of furan rings is 1. The standard InChI is InChI=1S/C23H32O9/c1-22-7-5-14(20(26)27)23(2,10-16(24)13-6-8-31-11-13)19(22)18(25)17(32-12-29-3)9-15(22)21(28)30-4/h6,8,11,14-17,19,24H,5,7,9-10,12H2,1-4H3,(H,26,27)/t14?,15-,16-,17-,19?,22-,23-/m0/s1.